The lowest BCUT2D eigenvalue weighted by Gasteiger charge is -2.34. The number of carbonyl (C=O) groups excluding carboxylic acids is 1. The Bertz CT molecular complexity index is 806. The maximum Gasteiger partial charge on any atom is 0.226 e. The van der Waals surface area contributed by atoms with E-state index in [1.54, 1.807) is 0 Å². The molecule has 130 valence electrons. The van der Waals surface area contributed by atoms with Gasteiger partial charge in [-0.25, -0.2) is 0 Å². The van der Waals surface area contributed by atoms with Gasteiger partial charge in [-0.05, 0) is 44.2 Å². The van der Waals surface area contributed by atoms with Gasteiger partial charge in [0.15, 0.2) is 0 Å². The van der Waals surface area contributed by atoms with Crippen molar-refractivity contribution in [3.63, 3.8) is 0 Å². The summed E-state index contributed by atoms with van der Waals surface area (Å²) >= 11 is 0. The fraction of sp³-hybridized carbons (Fsp3) is 0.429. The summed E-state index contributed by atoms with van der Waals surface area (Å²) in [7, 11) is 0. The van der Waals surface area contributed by atoms with Gasteiger partial charge in [0.1, 0.15) is 0 Å². The maximum absolute atomic E-state index is 12.7. The van der Waals surface area contributed by atoms with E-state index >= 15 is 0 Å². The van der Waals surface area contributed by atoms with E-state index in [4.69, 9.17) is 10.7 Å². The number of hydrogen-bond donors (Lipinski definition) is 1. The zero-order valence-corrected chi connectivity index (χ0v) is 14.5. The van der Waals surface area contributed by atoms with Crippen LogP contribution >= 0.6 is 0 Å². The van der Waals surface area contributed by atoms with Crippen LogP contribution in [0, 0.1) is 5.92 Å². The van der Waals surface area contributed by atoms with E-state index in [-0.39, 0.29) is 5.92 Å². The zero-order valence-electron chi connectivity index (χ0n) is 14.5. The second kappa shape index (κ2) is 6.87. The van der Waals surface area contributed by atoms with Crippen molar-refractivity contribution in [2.75, 3.05) is 18.8 Å². The normalized spacial score (nSPS) is 21.6. The molecule has 0 spiro atoms. The van der Waals surface area contributed by atoms with E-state index in [2.05, 4.69) is 17.1 Å². The van der Waals surface area contributed by atoms with Crippen LogP contribution in [0.1, 0.15) is 43.7 Å². The molecule has 2 aliphatic rings. The van der Waals surface area contributed by atoms with Crippen LogP contribution in [0.3, 0.4) is 0 Å². The third-order valence-corrected chi connectivity index (χ3v) is 5.60. The fourth-order valence-corrected chi connectivity index (χ4v) is 4.12. The standard InChI is InChI=1S/C21H25N3O/c22-18-14-17-8-4-5-9-19(17)23-20(18)15-10-12-24(13-11-15)21(25)16-6-2-1-3-7-16/h1-2,4-5,8-9,14-16H,3,6-7,10-13,22H2. The van der Waals surface area contributed by atoms with E-state index < -0.39 is 0 Å². The highest BCUT2D eigenvalue weighted by Gasteiger charge is 2.29. The minimum Gasteiger partial charge on any atom is -0.397 e. The lowest BCUT2D eigenvalue weighted by Crippen LogP contribution is -2.41. The first-order valence-electron chi connectivity index (χ1n) is 9.31. The van der Waals surface area contributed by atoms with Gasteiger partial charge in [-0.2, -0.15) is 0 Å². The monoisotopic (exact) mass is 335 g/mol. The third-order valence-electron chi connectivity index (χ3n) is 5.60. The van der Waals surface area contributed by atoms with Crippen molar-refractivity contribution in [2.45, 2.75) is 38.0 Å². The number of amides is 1. The first-order chi connectivity index (χ1) is 12.2. The molecule has 2 N–H and O–H groups in total. The molecule has 25 heavy (non-hydrogen) atoms. The van der Waals surface area contributed by atoms with Crippen LogP contribution in [0.25, 0.3) is 10.9 Å². The molecule has 1 atom stereocenters. The molecule has 1 fully saturated rings. The molecule has 1 saturated heterocycles. The molecule has 1 aliphatic heterocycles. The van der Waals surface area contributed by atoms with Crippen molar-refractivity contribution >= 4 is 22.5 Å². The summed E-state index contributed by atoms with van der Waals surface area (Å²) in [6.07, 6.45) is 9.16. The zero-order chi connectivity index (χ0) is 17.2. The van der Waals surface area contributed by atoms with Gasteiger partial charge in [0.2, 0.25) is 5.91 Å². The van der Waals surface area contributed by atoms with Crippen LogP contribution in [0.15, 0.2) is 42.5 Å². The van der Waals surface area contributed by atoms with E-state index in [1.807, 2.05) is 30.3 Å². The van der Waals surface area contributed by atoms with E-state index in [0.29, 0.717) is 11.8 Å². The number of likely N-dealkylation sites (tertiary alicyclic amines) is 1. The summed E-state index contributed by atoms with van der Waals surface area (Å²) in [6, 6.07) is 10.1. The largest absolute Gasteiger partial charge is 0.397 e. The number of hydrogen-bond acceptors (Lipinski definition) is 3. The highest BCUT2D eigenvalue weighted by atomic mass is 16.2. The predicted octanol–water partition coefficient (Wildman–Crippen LogP) is 3.88. The van der Waals surface area contributed by atoms with Crippen LogP contribution in [0.2, 0.25) is 0 Å². The van der Waals surface area contributed by atoms with Crippen molar-refractivity contribution in [3.8, 4) is 0 Å². The number of nitrogens with two attached hydrogens (primary N) is 1. The van der Waals surface area contributed by atoms with Gasteiger partial charge in [-0.1, -0.05) is 30.4 Å². The van der Waals surface area contributed by atoms with Crippen molar-refractivity contribution in [2.24, 2.45) is 5.92 Å². The second-order valence-corrected chi connectivity index (χ2v) is 7.24. The van der Waals surface area contributed by atoms with Crippen molar-refractivity contribution < 1.29 is 4.79 Å². The molecule has 4 nitrogen and oxygen atoms in total. The number of aromatic nitrogens is 1. The molecule has 1 aromatic carbocycles. The molecule has 1 aliphatic carbocycles. The highest BCUT2D eigenvalue weighted by molar-refractivity contribution is 5.82. The molecule has 4 rings (SSSR count). The van der Waals surface area contributed by atoms with Gasteiger partial charge in [-0.15, -0.1) is 0 Å². The summed E-state index contributed by atoms with van der Waals surface area (Å²) in [5.74, 6) is 0.868. The topological polar surface area (TPSA) is 59.2 Å². The van der Waals surface area contributed by atoms with E-state index in [1.165, 1.54) is 0 Å². The van der Waals surface area contributed by atoms with Crippen molar-refractivity contribution in [3.05, 3.63) is 48.2 Å². The van der Waals surface area contributed by atoms with Gasteiger partial charge < -0.3 is 10.6 Å². The average molecular weight is 335 g/mol. The summed E-state index contributed by atoms with van der Waals surface area (Å²) in [5.41, 5.74) is 9.06. The molecule has 1 unspecified atom stereocenters. The molecule has 1 amide bonds. The number of carbonyl (C=O) groups is 1. The Hall–Kier alpha value is -2.36. The Labute approximate surface area is 148 Å². The number of piperidine rings is 1. The highest BCUT2D eigenvalue weighted by Crippen LogP contribution is 2.33. The van der Waals surface area contributed by atoms with Gasteiger partial charge in [0, 0.05) is 30.3 Å². The molecule has 2 aromatic rings. The number of para-hydroxylation sites is 1. The summed E-state index contributed by atoms with van der Waals surface area (Å²) in [6.45, 7) is 1.63. The molecule has 2 heterocycles. The number of pyridine rings is 1. The molecular weight excluding hydrogens is 310 g/mol. The van der Waals surface area contributed by atoms with Crippen LogP contribution in [-0.4, -0.2) is 28.9 Å². The Morgan fingerprint density at radius 1 is 1.12 bits per heavy atom. The molecular formula is C21H25N3O. The number of fused-ring (bicyclic) bond motifs is 1. The Morgan fingerprint density at radius 2 is 1.92 bits per heavy atom. The number of allylic oxidation sites excluding steroid dienone is 2. The van der Waals surface area contributed by atoms with Crippen LogP contribution in [0.4, 0.5) is 5.69 Å². The predicted molar refractivity (Wildman–Crippen MR) is 101 cm³/mol. The molecule has 1 aromatic heterocycles. The minimum absolute atomic E-state index is 0.186. The van der Waals surface area contributed by atoms with Gasteiger partial charge in [0.25, 0.3) is 0 Å². The Morgan fingerprint density at radius 3 is 2.68 bits per heavy atom. The third kappa shape index (κ3) is 3.26. The Balaban J connectivity index is 1.46. The van der Waals surface area contributed by atoms with Gasteiger partial charge in [0.05, 0.1) is 16.9 Å². The van der Waals surface area contributed by atoms with Gasteiger partial charge in [-0.3, -0.25) is 9.78 Å². The number of nitrogen functional groups attached to an aromatic ring is 1. The lowest BCUT2D eigenvalue weighted by atomic mass is 9.89. The lowest BCUT2D eigenvalue weighted by molar-refractivity contribution is -0.136. The SMILES string of the molecule is Nc1cc2ccccc2nc1C1CCN(C(=O)C2CC=CCC2)CC1. The summed E-state index contributed by atoms with van der Waals surface area (Å²) in [5, 5.41) is 1.08. The molecule has 4 heteroatoms. The average Bonchev–Trinajstić information content (AvgIpc) is 2.68. The number of anilines is 1. The van der Waals surface area contributed by atoms with Gasteiger partial charge >= 0.3 is 0 Å². The van der Waals surface area contributed by atoms with E-state index in [9.17, 15) is 4.79 Å². The minimum atomic E-state index is 0.186. The quantitative estimate of drug-likeness (QED) is 0.847. The van der Waals surface area contributed by atoms with Crippen molar-refractivity contribution in [1.82, 2.24) is 9.88 Å². The Kier molecular flexibility index (Phi) is 4.43. The number of nitrogens with zero attached hydrogens (tertiary/aromatic N) is 2. The van der Waals surface area contributed by atoms with Crippen LogP contribution in [-0.2, 0) is 4.79 Å². The molecule has 0 saturated carbocycles. The number of benzene rings is 1. The summed E-state index contributed by atoms with van der Waals surface area (Å²) in [4.78, 5) is 19.6. The first-order valence-corrected chi connectivity index (χ1v) is 9.31. The number of rotatable bonds is 2. The maximum atomic E-state index is 12.7. The summed E-state index contributed by atoms with van der Waals surface area (Å²) < 4.78 is 0. The van der Waals surface area contributed by atoms with Crippen LogP contribution < -0.4 is 5.73 Å². The van der Waals surface area contributed by atoms with E-state index in [0.717, 1.165) is 67.5 Å². The smallest absolute Gasteiger partial charge is 0.226 e. The second-order valence-electron chi connectivity index (χ2n) is 7.24. The van der Waals surface area contributed by atoms with Crippen molar-refractivity contribution in [1.29, 1.82) is 0 Å². The van der Waals surface area contributed by atoms with Crippen LogP contribution in [0.5, 0.6) is 0 Å². The molecule has 0 radical (unpaired) electrons. The first kappa shape index (κ1) is 16.1. The fourth-order valence-electron chi connectivity index (χ4n) is 4.12. The molecule has 0 bridgehead atoms.